The Balaban J connectivity index is 1.16. The number of aryl methyl sites for hydroxylation is 2. The minimum absolute atomic E-state index is 0.0749. The van der Waals surface area contributed by atoms with Gasteiger partial charge in [0.15, 0.2) is 5.82 Å². The molecule has 2 aromatic carbocycles. The van der Waals surface area contributed by atoms with E-state index in [1.54, 1.807) is 31.2 Å². The van der Waals surface area contributed by atoms with Crippen LogP contribution in [0.4, 0.5) is 16.3 Å². The predicted octanol–water partition coefficient (Wildman–Crippen LogP) is 4.17. The van der Waals surface area contributed by atoms with E-state index in [0.717, 1.165) is 23.3 Å². The molecule has 2 heterocycles. The third-order valence-corrected chi connectivity index (χ3v) is 7.74. The Hall–Kier alpha value is -5.46. The van der Waals surface area contributed by atoms with Crippen molar-refractivity contribution in [1.29, 1.82) is 0 Å². The minimum Gasteiger partial charge on any atom is -0.508 e. The fourth-order valence-electron chi connectivity index (χ4n) is 4.90. The number of rotatable bonds is 10. The number of aromatic hydroxyl groups is 1. The molecule has 6 rings (SSSR count). The molecule has 0 spiro atoms. The van der Waals surface area contributed by atoms with Gasteiger partial charge >= 0.3 is 12.1 Å². The van der Waals surface area contributed by atoms with Crippen LogP contribution in [-0.2, 0) is 20.7 Å². The zero-order valence-corrected chi connectivity index (χ0v) is 24.8. The van der Waals surface area contributed by atoms with Crippen LogP contribution in [-0.4, -0.2) is 67.4 Å². The number of hydrogen-bond acceptors (Lipinski definition) is 10. The number of imide groups is 1. The lowest BCUT2D eigenvalue weighted by atomic mass is 10.1. The number of ether oxygens (including phenoxy) is 2. The number of fused-ring (bicyclic) bond motifs is 1. The van der Waals surface area contributed by atoms with Crippen LogP contribution in [0.25, 0.3) is 5.52 Å². The van der Waals surface area contributed by atoms with E-state index >= 15 is 0 Å². The van der Waals surface area contributed by atoms with Gasteiger partial charge in [-0.15, -0.1) is 0 Å². The molecule has 0 saturated heterocycles. The number of amides is 3. The van der Waals surface area contributed by atoms with E-state index in [1.807, 2.05) is 13.0 Å². The molecule has 232 valence electrons. The number of anilines is 2. The molecule has 2 fully saturated rings. The van der Waals surface area contributed by atoms with Crippen molar-refractivity contribution >= 4 is 40.9 Å². The zero-order valence-electron chi connectivity index (χ0n) is 24.8. The second-order valence-electron chi connectivity index (χ2n) is 11.3. The van der Waals surface area contributed by atoms with Crippen molar-refractivity contribution in [2.24, 2.45) is 0 Å². The van der Waals surface area contributed by atoms with Crippen LogP contribution >= 0.6 is 0 Å². The van der Waals surface area contributed by atoms with E-state index in [-0.39, 0.29) is 35.7 Å². The second kappa shape index (κ2) is 12.3. The van der Waals surface area contributed by atoms with Crippen molar-refractivity contribution in [2.75, 3.05) is 12.1 Å². The molecule has 0 unspecified atom stereocenters. The molecule has 0 atom stereocenters. The molecule has 2 aromatic heterocycles. The molecule has 2 saturated carbocycles. The van der Waals surface area contributed by atoms with Gasteiger partial charge < -0.3 is 25.2 Å². The average Bonchev–Trinajstić information content (AvgIpc) is 3.96. The number of phenols is 1. The molecule has 4 aromatic rings. The Kier molecular flexibility index (Phi) is 8.07. The van der Waals surface area contributed by atoms with Crippen molar-refractivity contribution < 1.29 is 33.8 Å². The molecule has 0 radical (unpaired) electrons. The van der Waals surface area contributed by atoms with Gasteiger partial charge in [-0.2, -0.15) is 5.10 Å². The van der Waals surface area contributed by atoms with Crippen molar-refractivity contribution in [3.63, 3.8) is 0 Å². The van der Waals surface area contributed by atoms with Gasteiger partial charge in [0, 0.05) is 29.5 Å². The molecule has 13 nitrogen and oxygen atoms in total. The largest absolute Gasteiger partial charge is 0.508 e. The molecular formula is C32H32N6O7. The summed E-state index contributed by atoms with van der Waals surface area (Å²) in [6, 6.07) is 11.4. The fraction of sp³-hybridized carbons (Fsp3) is 0.312. The topological polar surface area (TPSA) is 164 Å². The lowest BCUT2D eigenvalue weighted by Gasteiger charge is -2.19. The van der Waals surface area contributed by atoms with E-state index in [2.05, 4.69) is 20.7 Å². The highest BCUT2D eigenvalue weighted by Crippen LogP contribution is 2.32. The first-order chi connectivity index (χ1) is 21.7. The molecule has 45 heavy (non-hydrogen) atoms. The quantitative estimate of drug-likeness (QED) is 0.175. The van der Waals surface area contributed by atoms with Gasteiger partial charge in [0.2, 0.25) is 6.79 Å². The van der Waals surface area contributed by atoms with E-state index in [1.165, 1.54) is 29.2 Å². The Labute approximate surface area is 258 Å². The number of nitrogens with zero attached hydrogens (tertiary/aromatic N) is 4. The summed E-state index contributed by atoms with van der Waals surface area (Å²) in [6.07, 6.45) is 5.12. The first-order valence-corrected chi connectivity index (χ1v) is 14.6. The third-order valence-electron chi connectivity index (χ3n) is 7.74. The lowest BCUT2D eigenvalue weighted by molar-refractivity contribution is -0.151. The minimum atomic E-state index is -0.920. The number of phenolic OH excluding ortho intramolecular Hbond substituents is 1. The van der Waals surface area contributed by atoms with Gasteiger partial charge in [-0.3, -0.25) is 14.4 Å². The third kappa shape index (κ3) is 6.71. The van der Waals surface area contributed by atoms with Crippen LogP contribution in [0.3, 0.4) is 0 Å². The summed E-state index contributed by atoms with van der Waals surface area (Å²) in [5, 5.41) is 19.9. The fourth-order valence-corrected chi connectivity index (χ4v) is 4.90. The summed E-state index contributed by atoms with van der Waals surface area (Å²) >= 11 is 0. The molecule has 3 amide bonds. The standard InChI is InChI=1S/C32H32N6O7/c1-18-3-6-21(30(41)35-22-7-8-22)14-26(18)36-29-28-19(2)25(15-37(28)34-16-33-29)31(42)38(23-9-10-23)32(43)45-17-44-27(40)13-20-4-11-24(39)12-5-20/h3-6,11-12,14-16,22-23,39H,7-10,13,17H2,1-2H3,(H,35,41)(H,33,34,36). The maximum Gasteiger partial charge on any atom is 0.419 e. The Bertz CT molecular complexity index is 1790. The number of hydrogen-bond donors (Lipinski definition) is 3. The molecule has 0 bridgehead atoms. The van der Waals surface area contributed by atoms with Crippen LogP contribution in [0.2, 0.25) is 0 Å². The number of carbonyl (C=O) groups is 4. The summed E-state index contributed by atoms with van der Waals surface area (Å²) in [6.45, 7) is 3.00. The van der Waals surface area contributed by atoms with Crippen LogP contribution in [0, 0.1) is 13.8 Å². The van der Waals surface area contributed by atoms with E-state index < -0.39 is 24.8 Å². The van der Waals surface area contributed by atoms with Crippen LogP contribution in [0.1, 0.15) is 63.1 Å². The maximum absolute atomic E-state index is 13.7. The summed E-state index contributed by atoms with van der Waals surface area (Å²) < 4.78 is 11.7. The van der Waals surface area contributed by atoms with E-state index in [9.17, 15) is 24.3 Å². The molecule has 3 N–H and O–H groups in total. The van der Waals surface area contributed by atoms with Gasteiger partial charge in [0.25, 0.3) is 11.8 Å². The normalized spacial score (nSPS) is 14.1. The number of benzene rings is 2. The van der Waals surface area contributed by atoms with Crippen LogP contribution in [0.15, 0.2) is 55.0 Å². The van der Waals surface area contributed by atoms with E-state index in [0.29, 0.717) is 46.6 Å². The van der Waals surface area contributed by atoms with Crippen LogP contribution < -0.4 is 10.6 Å². The maximum atomic E-state index is 13.7. The first kappa shape index (κ1) is 29.6. The summed E-state index contributed by atoms with van der Waals surface area (Å²) in [5.41, 5.74) is 4.02. The number of nitrogens with one attached hydrogen (secondary N) is 2. The highest BCUT2D eigenvalue weighted by Gasteiger charge is 2.40. The number of esters is 1. The predicted molar refractivity (Wildman–Crippen MR) is 161 cm³/mol. The first-order valence-electron chi connectivity index (χ1n) is 14.6. The molecule has 2 aliphatic rings. The van der Waals surface area contributed by atoms with Crippen LogP contribution in [0.5, 0.6) is 5.75 Å². The Morgan fingerprint density at radius 2 is 1.78 bits per heavy atom. The molecule has 0 aliphatic heterocycles. The van der Waals surface area contributed by atoms with Crippen molar-refractivity contribution in [3.05, 3.63) is 82.8 Å². The summed E-state index contributed by atoms with van der Waals surface area (Å²) in [4.78, 5) is 57.0. The van der Waals surface area contributed by atoms with Gasteiger partial charge in [0.05, 0.1) is 12.0 Å². The Morgan fingerprint density at radius 1 is 1.02 bits per heavy atom. The van der Waals surface area contributed by atoms with Gasteiger partial charge in [-0.25, -0.2) is 19.2 Å². The molecular weight excluding hydrogens is 580 g/mol. The zero-order chi connectivity index (χ0) is 31.7. The highest BCUT2D eigenvalue weighted by molar-refractivity contribution is 6.06. The number of aromatic nitrogens is 3. The molecule has 2 aliphatic carbocycles. The second-order valence-corrected chi connectivity index (χ2v) is 11.3. The van der Waals surface area contributed by atoms with Gasteiger partial charge in [-0.1, -0.05) is 18.2 Å². The summed E-state index contributed by atoms with van der Waals surface area (Å²) in [5.74, 6) is -0.840. The Morgan fingerprint density at radius 3 is 2.49 bits per heavy atom. The van der Waals surface area contributed by atoms with Crippen molar-refractivity contribution in [2.45, 2.75) is 58.0 Å². The average molecular weight is 613 g/mol. The summed E-state index contributed by atoms with van der Waals surface area (Å²) in [7, 11) is 0. The van der Waals surface area contributed by atoms with Crippen molar-refractivity contribution in [3.8, 4) is 5.75 Å². The van der Waals surface area contributed by atoms with Gasteiger partial charge in [-0.05, 0) is 80.5 Å². The van der Waals surface area contributed by atoms with Crippen molar-refractivity contribution in [1.82, 2.24) is 24.8 Å². The SMILES string of the molecule is Cc1ccc(C(=O)NC2CC2)cc1Nc1ncnn2cc(C(=O)N(C(=O)OCOC(=O)Cc3ccc(O)cc3)C3CC3)c(C)c12. The highest BCUT2D eigenvalue weighted by atomic mass is 16.7. The van der Waals surface area contributed by atoms with Gasteiger partial charge in [0.1, 0.15) is 17.6 Å². The number of carbonyl (C=O) groups excluding carboxylic acids is 4. The smallest absolute Gasteiger partial charge is 0.419 e. The van der Waals surface area contributed by atoms with E-state index in [4.69, 9.17) is 9.47 Å². The lowest BCUT2D eigenvalue weighted by Crippen LogP contribution is -2.39. The molecule has 13 heteroatoms. The monoisotopic (exact) mass is 612 g/mol.